The molecule has 6 nitrogen and oxygen atoms in total. The number of rotatable bonds is 6. The molecule has 2 aromatic heterocycles. The maximum absolute atomic E-state index is 15.0. The fourth-order valence-corrected chi connectivity index (χ4v) is 5.86. The van der Waals surface area contributed by atoms with Gasteiger partial charge in [0.15, 0.2) is 6.30 Å². The highest BCUT2D eigenvalue weighted by Gasteiger charge is 2.30. The minimum atomic E-state index is -2.96. The summed E-state index contributed by atoms with van der Waals surface area (Å²) in [4.78, 5) is 20.2. The van der Waals surface area contributed by atoms with Crippen molar-refractivity contribution in [3.63, 3.8) is 0 Å². The third-order valence-electron chi connectivity index (χ3n) is 8.10. The molecule has 1 aliphatic rings. The molecule has 0 saturated carbocycles. The number of carbonyl (C=O) groups is 1. The Balaban J connectivity index is 1.22. The van der Waals surface area contributed by atoms with Gasteiger partial charge < -0.3 is 4.90 Å². The molecule has 1 fully saturated rings. The van der Waals surface area contributed by atoms with Gasteiger partial charge in [-0.1, -0.05) is 31.2 Å². The van der Waals surface area contributed by atoms with Crippen LogP contribution in [0, 0.1) is 6.92 Å². The Kier molecular flexibility index (Phi) is 6.83. The average molecular weight is 560 g/mol. The molecule has 0 aliphatic carbocycles. The van der Waals surface area contributed by atoms with E-state index in [2.05, 4.69) is 5.10 Å². The number of likely N-dealkylation sites (tertiary alicyclic amines) is 1. The van der Waals surface area contributed by atoms with Gasteiger partial charge in [0.2, 0.25) is 0 Å². The molecule has 0 N–H and O–H groups in total. The molecule has 1 amide bonds. The Labute approximate surface area is 236 Å². The summed E-state index contributed by atoms with van der Waals surface area (Å²) in [7, 11) is 0. The maximum atomic E-state index is 15.0. The van der Waals surface area contributed by atoms with Crippen LogP contribution in [0.4, 0.5) is 13.2 Å². The summed E-state index contributed by atoms with van der Waals surface area (Å²) in [5.41, 5.74) is 4.04. The van der Waals surface area contributed by atoms with E-state index in [4.69, 9.17) is 4.98 Å². The Bertz CT molecular complexity index is 1740. The number of alkyl halides is 3. The van der Waals surface area contributed by atoms with Gasteiger partial charge >= 0.3 is 0 Å². The van der Waals surface area contributed by atoms with E-state index in [0.717, 1.165) is 34.7 Å². The third-order valence-corrected chi connectivity index (χ3v) is 8.10. The Morgan fingerprint density at radius 2 is 1.78 bits per heavy atom. The summed E-state index contributed by atoms with van der Waals surface area (Å²) in [5, 5.41) is 5.39. The molecule has 6 rings (SSSR count). The van der Waals surface area contributed by atoms with Crippen LogP contribution in [-0.2, 0) is 5.92 Å². The third kappa shape index (κ3) is 4.87. The van der Waals surface area contributed by atoms with Gasteiger partial charge in [0.25, 0.3) is 11.8 Å². The lowest BCUT2D eigenvalue weighted by atomic mass is 9.95. The number of halogens is 3. The molecule has 212 valence electrons. The number of imidazole rings is 1. The number of benzene rings is 3. The number of amides is 1. The van der Waals surface area contributed by atoms with Crippen LogP contribution in [0.15, 0.2) is 66.7 Å². The van der Waals surface area contributed by atoms with Crippen molar-refractivity contribution in [1.29, 1.82) is 0 Å². The number of aryl methyl sites for hydroxylation is 1. The first-order valence-electron chi connectivity index (χ1n) is 14.0. The summed E-state index contributed by atoms with van der Waals surface area (Å²) in [6.07, 6.45) is 0.611. The van der Waals surface area contributed by atoms with Gasteiger partial charge in [-0.3, -0.25) is 9.36 Å². The average Bonchev–Trinajstić information content (AvgIpc) is 3.54. The summed E-state index contributed by atoms with van der Waals surface area (Å²) in [6.45, 7) is 5.64. The molecule has 3 aromatic carbocycles. The van der Waals surface area contributed by atoms with Gasteiger partial charge in [-0.15, -0.1) is 0 Å². The molecular weight excluding hydrogens is 527 g/mol. The van der Waals surface area contributed by atoms with Crippen molar-refractivity contribution in [2.45, 2.75) is 58.2 Å². The first-order chi connectivity index (χ1) is 19.7. The van der Waals surface area contributed by atoms with Crippen LogP contribution in [0.25, 0.3) is 27.6 Å². The minimum Gasteiger partial charge on any atom is -0.339 e. The zero-order valence-electron chi connectivity index (χ0n) is 23.3. The molecule has 3 heterocycles. The number of para-hydroxylation sites is 2. The van der Waals surface area contributed by atoms with Gasteiger partial charge in [-0.05, 0) is 68.7 Å². The molecule has 5 aromatic rings. The van der Waals surface area contributed by atoms with E-state index in [0.29, 0.717) is 49.3 Å². The van der Waals surface area contributed by atoms with Gasteiger partial charge in [0.05, 0.1) is 27.9 Å². The van der Waals surface area contributed by atoms with Crippen molar-refractivity contribution in [1.82, 2.24) is 24.2 Å². The van der Waals surface area contributed by atoms with E-state index >= 15 is 4.39 Å². The molecule has 1 atom stereocenters. The smallest absolute Gasteiger partial charge is 0.270 e. The van der Waals surface area contributed by atoms with E-state index in [1.807, 2.05) is 55.1 Å². The highest BCUT2D eigenvalue weighted by molar-refractivity contribution is 5.99. The van der Waals surface area contributed by atoms with Crippen molar-refractivity contribution in [2.75, 3.05) is 13.1 Å². The van der Waals surface area contributed by atoms with Crippen LogP contribution < -0.4 is 0 Å². The predicted molar refractivity (Wildman–Crippen MR) is 153 cm³/mol. The number of carbonyl (C=O) groups excluding carboxylic acids is 1. The molecular formula is C32H32F3N5O. The summed E-state index contributed by atoms with van der Waals surface area (Å²) >= 11 is 0. The van der Waals surface area contributed by atoms with Crippen molar-refractivity contribution in [2.24, 2.45) is 0 Å². The lowest BCUT2D eigenvalue weighted by Crippen LogP contribution is -2.38. The predicted octanol–water partition coefficient (Wildman–Crippen LogP) is 7.69. The quantitative estimate of drug-likeness (QED) is 0.214. The van der Waals surface area contributed by atoms with E-state index in [1.165, 1.54) is 12.1 Å². The molecule has 0 bridgehead atoms. The van der Waals surface area contributed by atoms with Gasteiger partial charge in [0.1, 0.15) is 5.82 Å². The van der Waals surface area contributed by atoms with Gasteiger partial charge in [0, 0.05) is 42.4 Å². The highest BCUT2D eigenvalue weighted by atomic mass is 19.3. The van der Waals surface area contributed by atoms with Crippen LogP contribution in [0.1, 0.15) is 72.8 Å². The van der Waals surface area contributed by atoms with Crippen LogP contribution in [-0.4, -0.2) is 43.2 Å². The second kappa shape index (κ2) is 10.4. The first-order valence-corrected chi connectivity index (χ1v) is 14.0. The lowest BCUT2D eigenvalue weighted by molar-refractivity contribution is 0.0174. The molecule has 0 spiro atoms. The van der Waals surface area contributed by atoms with E-state index in [1.54, 1.807) is 27.4 Å². The SMILES string of the molecule is CCC(F)n1c(C2CCN(C(=O)c3ccc4c(c3)c(C)nn4-c3cccc(C(C)(F)F)c3)CC2)nc2ccccc21. The van der Waals surface area contributed by atoms with Crippen LogP contribution >= 0.6 is 0 Å². The number of piperidine rings is 1. The summed E-state index contributed by atoms with van der Waals surface area (Å²) < 4.78 is 46.3. The molecule has 9 heteroatoms. The topological polar surface area (TPSA) is 56.0 Å². The van der Waals surface area contributed by atoms with Crippen molar-refractivity contribution in [3.8, 4) is 5.69 Å². The molecule has 0 radical (unpaired) electrons. The van der Waals surface area contributed by atoms with E-state index in [9.17, 15) is 13.6 Å². The van der Waals surface area contributed by atoms with Crippen LogP contribution in [0.2, 0.25) is 0 Å². The van der Waals surface area contributed by atoms with Gasteiger partial charge in [-0.25, -0.2) is 22.8 Å². The zero-order chi connectivity index (χ0) is 28.9. The monoisotopic (exact) mass is 559 g/mol. The molecule has 1 aliphatic heterocycles. The number of hydrogen-bond donors (Lipinski definition) is 0. The number of fused-ring (bicyclic) bond motifs is 2. The van der Waals surface area contributed by atoms with Crippen molar-refractivity contribution in [3.05, 3.63) is 89.4 Å². The van der Waals surface area contributed by atoms with Crippen LogP contribution in [0.3, 0.4) is 0 Å². The standard InChI is InChI=1S/C32H32F3N5O/c1-4-29(33)39-28-11-6-5-10-26(28)36-30(39)21-14-16-38(17-15-21)31(41)22-12-13-27-25(18-22)20(2)37-40(27)24-9-7-8-23(19-24)32(3,34)35/h5-13,18-19,21,29H,4,14-17H2,1-3H3. The largest absolute Gasteiger partial charge is 0.339 e. The Morgan fingerprint density at radius 1 is 1.02 bits per heavy atom. The van der Waals surface area contributed by atoms with Crippen molar-refractivity contribution >= 4 is 27.8 Å². The molecule has 1 unspecified atom stereocenters. The normalized spacial score (nSPS) is 15.6. The lowest BCUT2D eigenvalue weighted by Gasteiger charge is -2.32. The highest BCUT2D eigenvalue weighted by Crippen LogP contribution is 2.35. The summed E-state index contributed by atoms with van der Waals surface area (Å²) in [5.74, 6) is -2.22. The number of hydrogen-bond acceptors (Lipinski definition) is 3. The number of aromatic nitrogens is 4. The fourth-order valence-electron chi connectivity index (χ4n) is 5.86. The zero-order valence-corrected chi connectivity index (χ0v) is 23.3. The first kappa shape index (κ1) is 27.1. The van der Waals surface area contributed by atoms with E-state index in [-0.39, 0.29) is 17.4 Å². The fraction of sp³-hybridized carbons (Fsp3) is 0.344. The molecule has 41 heavy (non-hydrogen) atoms. The maximum Gasteiger partial charge on any atom is 0.270 e. The van der Waals surface area contributed by atoms with E-state index < -0.39 is 12.2 Å². The Morgan fingerprint density at radius 3 is 2.51 bits per heavy atom. The van der Waals surface area contributed by atoms with Gasteiger partial charge in [-0.2, -0.15) is 5.10 Å². The second-order valence-corrected chi connectivity index (χ2v) is 10.9. The Hall–Kier alpha value is -4.14. The summed E-state index contributed by atoms with van der Waals surface area (Å²) in [6, 6.07) is 19.2. The second-order valence-electron chi connectivity index (χ2n) is 10.9. The van der Waals surface area contributed by atoms with Crippen molar-refractivity contribution < 1.29 is 18.0 Å². The minimum absolute atomic E-state index is 0.0606. The number of nitrogens with zero attached hydrogens (tertiary/aromatic N) is 5. The van der Waals surface area contributed by atoms with Crippen LogP contribution in [0.5, 0.6) is 0 Å². The molecule has 1 saturated heterocycles.